The molecular weight excluding hydrogens is 450 g/mol. The van der Waals surface area contributed by atoms with Gasteiger partial charge in [-0.25, -0.2) is 9.78 Å². The highest BCUT2D eigenvalue weighted by Crippen LogP contribution is 2.35. The van der Waals surface area contributed by atoms with Crippen molar-refractivity contribution in [2.45, 2.75) is 85.4 Å². The van der Waals surface area contributed by atoms with Crippen LogP contribution in [0, 0.1) is 5.92 Å². The first-order valence-corrected chi connectivity index (χ1v) is 13.3. The zero-order chi connectivity index (χ0) is 24.4. The SMILES string of the molecule is CCCCn1c(=O)[nH]c(=O)c2c1nc(CCC(=O)N1CCc3sccc3C1CC)n2CC(C)C. The zero-order valence-electron chi connectivity index (χ0n) is 20.6. The minimum Gasteiger partial charge on any atom is -0.335 e. The molecule has 0 saturated carbocycles. The number of H-pyrrole nitrogens is 1. The summed E-state index contributed by atoms with van der Waals surface area (Å²) in [6.45, 7) is 10.2. The minimum absolute atomic E-state index is 0.115. The third-order valence-electron chi connectivity index (χ3n) is 6.61. The molecule has 1 amide bonds. The summed E-state index contributed by atoms with van der Waals surface area (Å²) in [5.41, 5.74) is 1.31. The number of rotatable bonds is 9. The van der Waals surface area contributed by atoms with Gasteiger partial charge in [-0.15, -0.1) is 11.3 Å². The number of hydrogen-bond donors (Lipinski definition) is 1. The van der Waals surface area contributed by atoms with Gasteiger partial charge in [-0.3, -0.25) is 19.1 Å². The number of aromatic amines is 1. The molecule has 1 aliphatic rings. The molecule has 34 heavy (non-hydrogen) atoms. The van der Waals surface area contributed by atoms with Gasteiger partial charge in [0.25, 0.3) is 5.56 Å². The van der Waals surface area contributed by atoms with Crippen LogP contribution in [0.4, 0.5) is 0 Å². The Hall–Kier alpha value is -2.68. The summed E-state index contributed by atoms with van der Waals surface area (Å²) in [5, 5.41) is 2.12. The molecule has 0 fully saturated rings. The lowest BCUT2D eigenvalue weighted by atomic mass is 9.97. The van der Waals surface area contributed by atoms with Crippen molar-refractivity contribution in [3.63, 3.8) is 0 Å². The standard InChI is InChI=1S/C25H35N5O3S/c1-5-7-12-29-23-22(24(32)27-25(29)33)30(15-16(3)4)20(26-23)8-9-21(31)28-13-10-19-17(11-14-34-19)18(28)6-2/h11,14,16,18H,5-10,12-13,15H2,1-4H3,(H,27,32,33). The van der Waals surface area contributed by atoms with E-state index in [1.54, 1.807) is 15.9 Å². The summed E-state index contributed by atoms with van der Waals surface area (Å²) in [7, 11) is 0. The summed E-state index contributed by atoms with van der Waals surface area (Å²) >= 11 is 1.78. The van der Waals surface area contributed by atoms with Gasteiger partial charge in [0.05, 0.1) is 6.04 Å². The summed E-state index contributed by atoms with van der Waals surface area (Å²) in [6, 6.07) is 2.27. The van der Waals surface area contributed by atoms with Crippen LogP contribution in [0.2, 0.25) is 0 Å². The van der Waals surface area contributed by atoms with Crippen molar-refractivity contribution < 1.29 is 4.79 Å². The Morgan fingerprint density at radius 2 is 2.06 bits per heavy atom. The van der Waals surface area contributed by atoms with Crippen molar-refractivity contribution in [2.24, 2.45) is 5.92 Å². The molecule has 0 aromatic carbocycles. The van der Waals surface area contributed by atoms with Crippen molar-refractivity contribution in [1.29, 1.82) is 0 Å². The molecule has 1 N–H and O–H groups in total. The second kappa shape index (κ2) is 10.3. The fourth-order valence-electron chi connectivity index (χ4n) is 4.99. The van der Waals surface area contributed by atoms with Crippen LogP contribution in [0.15, 0.2) is 21.0 Å². The molecule has 1 atom stereocenters. The molecule has 0 radical (unpaired) electrons. The van der Waals surface area contributed by atoms with Crippen LogP contribution in [-0.4, -0.2) is 36.5 Å². The molecule has 0 bridgehead atoms. The van der Waals surface area contributed by atoms with E-state index in [4.69, 9.17) is 4.98 Å². The molecule has 4 rings (SSSR count). The van der Waals surface area contributed by atoms with Gasteiger partial charge in [0.2, 0.25) is 5.91 Å². The first-order chi connectivity index (χ1) is 16.3. The third kappa shape index (κ3) is 4.62. The van der Waals surface area contributed by atoms with E-state index in [9.17, 15) is 14.4 Å². The minimum atomic E-state index is -0.423. The number of hydrogen-bond acceptors (Lipinski definition) is 5. The average Bonchev–Trinajstić information content (AvgIpc) is 3.41. The normalized spacial score (nSPS) is 15.9. The summed E-state index contributed by atoms with van der Waals surface area (Å²) < 4.78 is 3.48. The van der Waals surface area contributed by atoms with E-state index in [1.807, 2.05) is 9.47 Å². The van der Waals surface area contributed by atoms with Crippen LogP contribution in [0.5, 0.6) is 0 Å². The Kier molecular flexibility index (Phi) is 7.40. The van der Waals surface area contributed by atoms with Crippen LogP contribution in [0.1, 0.15) is 75.7 Å². The highest BCUT2D eigenvalue weighted by Gasteiger charge is 2.30. The maximum Gasteiger partial charge on any atom is 0.330 e. The van der Waals surface area contributed by atoms with Crippen molar-refractivity contribution in [1.82, 2.24) is 24.0 Å². The number of nitrogens with one attached hydrogen (secondary N) is 1. The Labute approximate surface area is 203 Å². The predicted octanol–water partition coefficient (Wildman–Crippen LogP) is 3.87. The largest absolute Gasteiger partial charge is 0.335 e. The second-order valence-corrected chi connectivity index (χ2v) is 10.5. The lowest BCUT2D eigenvalue weighted by molar-refractivity contribution is -0.134. The monoisotopic (exact) mass is 485 g/mol. The molecule has 0 aliphatic carbocycles. The van der Waals surface area contributed by atoms with Gasteiger partial charge in [0, 0.05) is 37.4 Å². The van der Waals surface area contributed by atoms with Gasteiger partial charge in [0.1, 0.15) is 5.82 Å². The quantitative estimate of drug-likeness (QED) is 0.498. The van der Waals surface area contributed by atoms with Gasteiger partial charge in [0.15, 0.2) is 11.2 Å². The van der Waals surface area contributed by atoms with Crippen molar-refractivity contribution in [3.8, 4) is 0 Å². The van der Waals surface area contributed by atoms with Crippen molar-refractivity contribution in [3.05, 3.63) is 48.5 Å². The number of aryl methyl sites for hydroxylation is 2. The highest BCUT2D eigenvalue weighted by atomic mass is 32.1. The highest BCUT2D eigenvalue weighted by molar-refractivity contribution is 7.10. The molecule has 0 saturated heterocycles. The summed E-state index contributed by atoms with van der Waals surface area (Å²) in [6.07, 6.45) is 4.31. The van der Waals surface area contributed by atoms with Gasteiger partial charge in [-0.05, 0) is 42.2 Å². The second-order valence-electron chi connectivity index (χ2n) is 9.53. The van der Waals surface area contributed by atoms with Gasteiger partial charge < -0.3 is 9.47 Å². The lowest BCUT2D eigenvalue weighted by Gasteiger charge is -2.35. The first kappa shape index (κ1) is 24.4. The molecule has 1 unspecified atom stereocenters. The van der Waals surface area contributed by atoms with E-state index in [-0.39, 0.29) is 17.9 Å². The fraction of sp³-hybridized carbons (Fsp3) is 0.600. The third-order valence-corrected chi connectivity index (χ3v) is 7.61. The fourth-order valence-corrected chi connectivity index (χ4v) is 5.92. The topological polar surface area (TPSA) is 93.0 Å². The van der Waals surface area contributed by atoms with Gasteiger partial charge in [-0.2, -0.15) is 0 Å². The Morgan fingerprint density at radius 1 is 1.26 bits per heavy atom. The molecule has 1 aliphatic heterocycles. The van der Waals surface area contributed by atoms with Crippen LogP contribution in [0.3, 0.4) is 0 Å². The number of fused-ring (bicyclic) bond motifs is 2. The van der Waals surface area contributed by atoms with E-state index >= 15 is 0 Å². The van der Waals surface area contributed by atoms with Crippen LogP contribution in [0.25, 0.3) is 11.2 Å². The maximum absolute atomic E-state index is 13.3. The number of carbonyl (C=O) groups excluding carboxylic acids is 1. The van der Waals surface area contributed by atoms with Crippen LogP contribution in [-0.2, 0) is 30.7 Å². The number of unbranched alkanes of at least 4 members (excludes halogenated alkanes) is 1. The number of imidazole rings is 1. The molecule has 3 aromatic heterocycles. The van der Waals surface area contributed by atoms with E-state index in [0.29, 0.717) is 42.9 Å². The van der Waals surface area contributed by atoms with Gasteiger partial charge >= 0.3 is 5.69 Å². The van der Waals surface area contributed by atoms with Crippen molar-refractivity contribution in [2.75, 3.05) is 6.54 Å². The molecule has 4 heterocycles. The molecule has 3 aromatic rings. The van der Waals surface area contributed by atoms with Crippen LogP contribution >= 0.6 is 11.3 Å². The van der Waals surface area contributed by atoms with Crippen molar-refractivity contribution >= 4 is 28.4 Å². The Balaban J connectivity index is 1.65. The first-order valence-electron chi connectivity index (χ1n) is 12.4. The number of amides is 1. The molecule has 8 nitrogen and oxygen atoms in total. The Morgan fingerprint density at radius 3 is 2.76 bits per heavy atom. The lowest BCUT2D eigenvalue weighted by Crippen LogP contribution is -2.39. The average molecular weight is 486 g/mol. The van der Waals surface area contributed by atoms with Crippen LogP contribution < -0.4 is 11.2 Å². The maximum atomic E-state index is 13.3. The molecular formula is C25H35N5O3S. The van der Waals surface area contributed by atoms with Gasteiger partial charge in [-0.1, -0.05) is 34.1 Å². The Bertz CT molecular complexity index is 1280. The van der Waals surface area contributed by atoms with E-state index in [1.165, 1.54) is 10.4 Å². The smallest absolute Gasteiger partial charge is 0.330 e. The summed E-state index contributed by atoms with van der Waals surface area (Å²) in [4.78, 5) is 49.3. The van der Waals surface area contributed by atoms with E-state index in [0.717, 1.165) is 32.2 Å². The molecule has 0 spiro atoms. The summed E-state index contributed by atoms with van der Waals surface area (Å²) in [5.74, 6) is 1.09. The number of thiophene rings is 1. The number of carbonyl (C=O) groups is 1. The number of aromatic nitrogens is 4. The molecule has 184 valence electrons. The zero-order valence-corrected chi connectivity index (χ0v) is 21.4. The number of nitrogens with zero attached hydrogens (tertiary/aromatic N) is 4. The molecule has 9 heteroatoms. The van der Waals surface area contributed by atoms with E-state index < -0.39 is 11.2 Å². The van der Waals surface area contributed by atoms with E-state index in [2.05, 4.69) is 44.1 Å². The predicted molar refractivity (Wildman–Crippen MR) is 135 cm³/mol.